The smallest absolute Gasteiger partial charge is 0.224 e. The molecule has 0 spiro atoms. The lowest BCUT2D eigenvalue weighted by Crippen LogP contribution is -2.44. The molecule has 24 heavy (non-hydrogen) atoms. The molecule has 0 aromatic carbocycles. The van der Waals surface area contributed by atoms with E-state index in [0.29, 0.717) is 24.4 Å². The van der Waals surface area contributed by atoms with Crippen LogP contribution in [0.4, 0.5) is 0 Å². The van der Waals surface area contributed by atoms with Crippen molar-refractivity contribution >= 4 is 5.91 Å². The molecular weight excluding hydrogens is 306 g/mol. The number of rotatable bonds is 5. The summed E-state index contributed by atoms with van der Waals surface area (Å²) in [6.45, 7) is 9.27. The van der Waals surface area contributed by atoms with Crippen LogP contribution in [0.25, 0.3) is 0 Å². The molecule has 6 heteroatoms. The summed E-state index contributed by atoms with van der Waals surface area (Å²) in [5.41, 5.74) is 0. The summed E-state index contributed by atoms with van der Waals surface area (Å²) in [6, 6.07) is 4.80. The third kappa shape index (κ3) is 3.23. The van der Waals surface area contributed by atoms with Crippen molar-refractivity contribution in [2.45, 2.75) is 38.4 Å². The van der Waals surface area contributed by atoms with Crippen molar-refractivity contribution in [3.8, 4) is 0 Å². The highest BCUT2D eigenvalue weighted by atomic mass is 16.5. The fraction of sp³-hybridized carbons (Fsp3) is 0.722. The first kappa shape index (κ1) is 16.1. The van der Waals surface area contributed by atoms with Gasteiger partial charge in [0.15, 0.2) is 0 Å². The van der Waals surface area contributed by atoms with E-state index in [0.717, 1.165) is 70.4 Å². The minimum atomic E-state index is 0.318. The maximum Gasteiger partial charge on any atom is 0.224 e. The van der Waals surface area contributed by atoms with Gasteiger partial charge in [0.25, 0.3) is 0 Å². The number of amides is 1. The van der Waals surface area contributed by atoms with Gasteiger partial charge < -0.3 is 14.1 Å². The second kappa shape index (κ2) is 6.86. The average molecular weight is 333 g/mol. The molecule has 1 aromatic heterocycles. The van der Waals surface area contributed by atoms with E-state index in [-0.39, 0.29) is 0 Å². The fourth-order valence-electron chi connectivity index (χ4n) is 4.34. The van der Waals surface area contributed by atoms with Gasteiger partial charge in [0.2, 0.25) is 5.91 Å². The van der Waals surface area contributed by atoms with Crippen LogP contribution in [0.1, 0.15) is 24.4 Å². The van der Waals surface area contributed by atoms with E-state index in [1.807, 2.05) is 13.0 Å². The van der Waals surface area contributed by atoms with Gasteiger partial charge in [0, 0.05) is 51.2 Å². The Morgan fingerprint density at radius 1 is 1.12 bits per heavy atom. The van der Waals surface area contributed by atoms with Gasteiger partial charge in [0.1, 0.15) is 11.5 Å². The second-order valence-corrected chi connectivity index (χ2v) is 7.15. The molecule has 0 N–H and O–H groups in total. The average Bonchev–Trinajstić information content (AvgIpc) is 3.24. The van der Waals surface area contributed by atoms with Gasteiger partial charge in [-0.1, -0.05) is 0 Å². The van der Waals surface area contributed by atoms with E-state index in [1.54, 1.807) is 0 Å². The minimum Gasteiger partial charge on any atom is -0.465 e. The molecule has 132 valence electrons. The maximum absolute atomic E-state index is 12.5. The highest BCUT2D eigenvalue weighted by molar-refractivity contribution is 5.80. The van der Waals surface area contributed by atoms with Crippen molar-refractivity contribution in [3.63, 3.8) is 0 Å². The van der Waals surface area contributed by atoms with E-state index in [4.69, 9.17) is 9.15 Å². The van der Waals surface area contributed by atoms with Gasteiger partial charge in [-0.3, -0.25) is 14.6 Å². The van der Waals surface area contributed by atoms with Crippen molar-refractivity contribution in [2.24, 2.45) is 0 Å². The van der Waals surface area contributed by atoms with Crippen LogP contribution < -0.4 is 0 Å². The normalized spacial score (nSPS) is 28.7. The van der Waals surface area contributed by atoms with Crippen LogP contribution in [0.15, 0.2) is 16.5 Å². The second-order valence-electron chi connectivity index (χ2n) is 7.15. The Morgan fingerprint density at radius 2 is 1.96 bits per heavy atom. The number of ether oxygens (including phenoxy) is 1. The molecular formula is C18H27N3O3. The Labute approximate surface area is 143 Å². The highest BCUT2D eigenvalue weighted by Gasteiger charge is 2.46. The third-order valence-corrected chi connectivity index (χ3v) is 5.65. The molecule has 0 saturated carbocycles. The molecule has 3 aliphatic heterocycles. The largest absolute Gasteiger partial charge is 0.465 e. The first-order chi connectivity index (χ1) is 11.7. The van der Waals surface area contributed by atoms with E-state index < -0.39 is 0 Å². The lowest BCUT2D eigenvalue weighted by molar-refractivity contribution is -0.129. The zero-order valence-electron chi connectivity index (χ0n) is 14.4. The summed E-state index contributed by atoms with van der Waals surface area (Å²) in [6.07, 6.45) is 1.74. The van der Waals surface area contributed by atoms with Crippen LogP contribution in [0.2, 0.25) is 0 Å². The number of likely N-dealkylation sites (tertiary alicyclic amines) is 2. The van der Waals surface area contributed by atoms with Gasteiger partial charge in [-0.15, -0.1) is 0 Å². The van der Waals surface area contributed by atoms with E-state index >= 15 is 0 Å². The van der Waals surface area contributed by atoms with Crippen molar-refractivity contribution in [1.29, 1.82) is 0 Å². The molecule has 6 nitrogen and oxygen atoms in total. The summed E-state index contributed by atoms with van der Waals surface area (Å²) < 4.78 is 11.1. The van der Waals surface area contributed by atoms with Crippen LogP contribution in [-0.2, 0) is 16.1 Å². The van der Waals surface area contributed by atoms with E-state index in [9.17, 15) is 4.79 Å². The SMILES string of the molecule is Cc1ccc(CN2CC[C@@H]3[C@@H]2CC(=O)N3CCN2CCOCC2)o1. The van der Waals surface area contributed by atoms with Crippen LogP contribution in [-0.4, -0.2) is 78.6 Å². The first-order valence-corrected chi connectivity index (χ1v) is 9.09. The Bertz CT molecular complexity index is 582. The molecule has 3 fully saturated rings. The number of carbonyl (C=O) groups excluding carboxylic acids is 1. The Hall–Kier alpha value is -1.37. The van der Waals surface area contributed by atoms with E-state index in [1.165, 1.54) is 0 Å². The molecule has 2 atom stereocenters. The number of hydrogen-bond acceptors (Lipinski definition) is 5. The van der Waals surface area contributed by atoms with Crippen LogP contribution in [0.3, 0.4) is 0 Å². The lowest BCUT2D eigenvalue weighted by atomic mass is 10.1. The van der Waals surface area contributed by atoms with Gasteiger partial charge in [0.05, 0.1) is 19.8 Å². The fourth-order valence-corrected chi connectivity index (χ4v) is 4.34. The van der Waals surface area contributed by atoms with E-state index in [2.05, 4.69) is 20.8 Å². The number of aryl methyl sites for hydroxylation is 1. The summed E-state index contributed by atoms with van der Waals surface area (Å²) in [7, 11) is 0. The predicted molar refractivity (Wildman–Crippen MR) is 89.6 cm³/mol. The highest BCUT2D eigenvalue weighted by Crippen LogP contribution is 2.33. The molecule has 4 rings (SSSR count). The van der Waals surface area contributed by atoms with Crippen LogP contribution in [0.5, 0.6) is 0 Å². The standard InChI is InChI=1S/C18H27N3O3/c1-14-2-3-15(24-14)13-20-5-4-16-17(20)12-18(22)21(16)7-6-19-8-10-23-11-9-19/h2-3,16-17H,4-13H2,1H3/t16-,17+/m1/s1. The molecule has 4 heterocycles. The number of carbonyl (C=O) groups is 1. The minimum absolute atomic E-state index is 0.318. The Morgan fingerprint density at radius 3 is 2.71 bits per heavy atom. The number of hydrogen-bond donors (Lipinski definition) is 0. The zero-order valence-corrected chi connectivity index (χ0v) is 14.4. The number of nitrogens with zero attached hydrogens (tertiary/aromatic N) is 3. The first-order valence-electron chi connectivity index (χ1n) is 9.09. The Balaban J connectivity index is 1.34. The van der Waals surface area contributed by atoms with Gasteiger partial charge >= 0.3 is 0 Å². The molecule has 1 amide bonds. The molecule has 0 aliphatic carbocycles. The summed E-state index contributed by atoms with van der Waals surface area (Å²) in [5, 5.41) is 0. The molecule has 1 aromatic rings. The monoisotopic (exact) mass is 333 g/mol. The van der Waals surface area contributed by atoms with Crippen molar-refractivity contribution in [2.75, 3.05) is 45.9 Å². The summed E-state index contributed by atoms with van der Waals surface area (Å²) >= 11 is 0. The topological polar surface area (TPSA) is 49.2 Å². The number of fused-ring (bicyclic) bond motifs is 1. The number of morpholine rings is 1. The van der Waals surface area contributed by atoms with Gasteiger partial charge in [-0.05, 0) is 25.5 Å². The summed E-state index contributed by atoms with van der Waals surface area (Å²) in [4.78, 5) is 19.5. The third-order valence-electron chi connectivity index (χ3n) is 5.65. The van der Waals surface area contributed by atoms with Crippen LogP contribution >= 0.6 is 0 Å². The maximum atomic E-state index is 12.5. The Kier molecular flexibility index (Phi) is 4.61. The molecule has 0 radical (unpaired) electrons. The number of furan rings is 1. The lowest BCUT2D eigenvalue weighted by Gasteiger charge is -2.30. The van der Waals surface area contributed by atoms with Crippen molar-refractivity contribution in [3.05, 3.63) is 23.7 Å². The summed E-state index contributed by atoms with van der Waals surface area (Å²) in [5.74, 6) is 2.28. The van der Waals surface area contributed by atoms with Crippen LogP contribution in [0, 0.1) is 6.92 Å². The molecule has 3 saturated heterocycles. The van der Waals surface area contributed by atoms with Gasteiger partial charge in [-0.2, -0.15) is 0 Å². The van der Waals surface area contributed by atoms with Gasteiger partial charge in [-0.25, -0.2) is 0 Å². The zero-order chi connectivity index (χ0) is 16.5. The molecule has 3 aliphatic rings. The molecule has 0 unspecified atom stereocenters. The quantitative estimate of drug-likeness (QED) is 0.807. The molecule has 0 bridgehead atoms. The predicted octanol–water partition coefficient (Wildman–Crippen LogP) is 1.10. The van der Waals surface area contributed by atoms with Crippen molar-refractivity contribution in [1.82, 2.24) is 14.7 Å². The van der Waals surface area contributed by atoms with Crippen molar-refractivity contribution < 1.29 is 13.9 Å².